The molecule has 0 saturated carbocycles. The van der Waals surface area contributed by atoms with Crippen molar-refractivity contribution >= 4 is 17.6 Å². The van der Waals surface area contributed by atoms with Crippen molar-refractivity contribution in [2.24, 2.45) is 0 Å². The zero-order valence-electron chi connectivity index (χ0n) is 12.9. The molecule has 0 saturated heterocycles. The van der Waals surface area contributed by atoms with E-state index in [1.807, 2.05) is 24.3 Å². The molecule has 0 atom stereocenters. The molecule has 0 radical (unpaired) electrons. The standard InChI is InChI=1S/C18H18N2O3/c1-23-15-10-8-14(9-11-15)17(21)19-18(22)20-12-4-6-13-5-2-3-7-16(13)20/h2-3,5,7-11H,4,6,12H2,1H3,(H,19,21,22). The molecule has 5 nitrogen and oxygen atoms in total. The Kier molecular flexibility index (Phi) is 4.28. The van der Waals surface area contributed by atoms with Crippen LogP contribution in [0.25, 0.3) is 0 Å². The van der Waals surface area contributed by atoms with Crippen LogP contribution < -0.4 is 15.0 Å². The molecule has 0 spiro atoms. The Morgan fingerprint density at radius 1 is 1.09 bits per heavy atom. The van der Waals surface area contributed by atoms with E-state index in [4.69, 9.17) is 4.74 Å². The van der Waals surface area contributed by atoms with Crippen LogP contribution in [-0.2, 0) is 6.42 Å². The third-order valence-corrected chi connectivity index (χ3v) is 3.93. The Morgan fingerprint density at radius 3 is 2.57 bits per heavy atom. The molecule has 1 aliphatic rings. The molecule has 0 aliphatic carbocycles. The fourth-order valence-electron chi connectivity index (χ4n) is 2.72. The van der Waals surface area contributed by atoms with Gasteiger partial charge in [0.15, 0.2) is 0 Å². The SMILES string of the molecule is COc1ccc(C(=O)NC(=O)N2CCCc3ccccc32)cc1. The number of nitrogens with zero attached hydrogens (tertiary/aromatic N) is 1. The molecule has 118 valence electrons. The number of aryl methyl sites for hydroxylation is 1. The summed E-state index contributed by atoms with van der Waals surface area (Å²) in [5.41, 5.74) is 2.43. The lowest BCUT2D eigenvalue weighted by Gasteiger charge is -2.29. The Labute approximate surface area is 134 Å². The number of hydrogen-bond donors (Lipinski definition) is 1. The summed E-state index contributed by atoms with van der Waals surface area (Å²) in [6.07, 6.45) is 1.84. The fraction of sp³-hybridized carbons (Fsp3) is 0.222. The third-order valence-electron chi connectivity index (χ3n) is 3.93. The second-order valence-electron chi connectivity index (χ2n) is 5.37. The van der Waals surface area contributed by atoms with Crippen LogP contribution in [0.3, 0.4) is 0 Å². The van der Waals surface area contributed by atoms with Crippen LogP contribution >= 0.6 is 0 Å². The molecule has 0 fully saturated rings. The van der Waals surface area contributed by atoms with Crippen molar-refractivity contribution in [1.29, 1.82) is 0 Å². The summed E-state index contributed by atoms with van der Waals surface area (Å²) in [7, 11) is 1.56. The van der Waals surface area contributed by atoms with Crippen molar-refractivity contribution in [2.75, 3.05) is 18.6 Å². The van der Waals surface area contributed by atoms with E-state index in [1.54, 1.807) is 36.3 Å². The number of amides is 3. The number of carbonyl (C=O) groups is 2. The number of carbonyl (C=O) groups excluding carboxylic acids is 2. The van der Waals surface area contributed by atoms with E-state index in [0.717, 1.165) is 24.1 Å². The predicted octanol–water partition coefficient (Wildman–Crippen LogP) is 3.00. The Balaban J connectivity index is 1.73. The van der Waals surface area contributed by atoms with Gasteiger partial charge >= 0.3 is 6.03 Å². The number of methoxy groups -OCH3 is 1. The maximum Gasteiger partial charge on any atom is 0.328 e. The lowest BCUT2D eigenvalue weighted by molar-refractivity contribution is 0.0965. The quantitative estimate of drug-likeness (QED) is 0.927. The molecule has 1 N–H and O–H groups in total. The van der Waals surface area contributed by atoms with Crippen molar-refractivity contribution in [3.05, 3.63) is 59.7 Å². The number of anilines is 1. The summed E-state index contributed by atoms with van der Waals surface area (Å²) < 4.78 is 5.06. The molecule has 1 heterocycles. The highest BCUT2D eigenvalue weighted by molar-refractivity contribution is 6.09. The van der Waals surface area contributed by atoms with Gasteiger partial charge in [-0.15, -0.1) is 0 Å². The second-order valence-corrected chi connectivity index (χ2v) is 5.37. The van der Waals surface area contributed by atoms with Crippen molar-refractivity contribution in [3.63, 3.8) is 0 Å². The first-order chi connectivity index (χ1) is 11.2. The van der Waals surface area contributed by atoms with Gasteiger partial charge in [0.1, 0.15) is 5.75 Å². The first kappa shape index (κ1) is 15.1. The number of para-hydroxylation sites is 1. The molecular formula is C18H18N2O3. The van der Waals surface area contributed by atoms with Crippen LogP contribution in [0.1, 0.15) is 22.3 Å². The maximum atomic E-state index is 12.4. The van der Waals surface area contributed by atoms with Gasteiger partial charge in [-0.3, -0.25) is 15.0 Å². The van der Waals surface area contributed by atoms with Gasteiger partial charge in [0, 0.05) is 17.8 Å². The van der Waals surface area contributed by atoms with E-state index in [2.05, 4.69) is 5.32 Å². The first-order valence-corrected chi connectivity index (χ1v) is 7.54. The van der Waals surface area contributed by atoms with Gasteiger partial charge in [-0.25, -0.2) is 4.79 Å². The van der Waals surface area contributed by atoms with Crippen molar-refractivity contribution in [3.8, 4) is 5.75 Å². The van der Waals surface area contributed by atoms with Crippen LogP contribution in [0, 0.1) is 0 Å². The minimum atomic E-state index is -0.416. The summed E-state index contributed by atoms with van der Waals surface area (Å²) in [4.78, 5) is 26.3. The lowest BCUT2D eigenvalue weighted by Crippen LogP contribution is -2.45. The Bertz CT molecular complexity index is 725. The van der Waals surface area contributed by atoms with Gasteiger partial charge in [-0.1, -0.05) is 18.2 Å². The number of fused-ring (bicyclic) bond motifs is 1. The molecule has 3 rings (SSSR count). The predicted molar refractivity (Wildman–Crippen MR) is 88.0 cm³/mol. The number of rotatable bonds is 2. The highest BCUT2D eigenvalue weighted by Crippen LogP contribution is 2.26. The van der Waals surface area contributed by atoms with Crippen LogP contribution in [0.15, 0.2) is 48.5 Å². The average Bonchev–Trinajstić information content (AvgIpc) is 2.61. The van der Waals surface area contributed by atoms with Crippen molar-refractivity contribution in [1.82, 2.24) is 5.32 Å². The van der Waals surface area contributed by atoms with Gasteiger partial charge in [0.2, 0.25) is 0 Å². The zero-order chi connectivity index (χ0) is 16.2. The topological polar surface area (TPSA) is 58.6 Å². The van der Waals surface area contributed by atoms with Gasteiger partial charge in [0.05, 0.1) is 7.11 Å². The van der Waals surface area contributed by atoms with E-state index in [1.165, 1.54) is 0 Å². The number of nitrogens with one attached hydrogen (secondary N) is 1. The highest BCUT2D eigenvalue weighted by Gasteiger charge is 2.23. The average molecular weight is 310 g/mol. The molecule has 2 aromatic carbocycles. The fourth-order valence-corrected chi connectivity index (χ4v) is 2.72. The summed E-state index contributed by atoms with van der Waals surface area (Å²) in [6.45, 7) is 0.610. The Morgan fingerprint density at radius 2 is 1.83 bits per heavy atom. The van der Waals surface area contributed by atoms with E-state index in [0.29, 0.717) is 17.9 Å². The number of ether oxygens (including phenoxy) is 1. The molecular weight excluding hydrogens is 292 g/mol. The lowest BCUT2D eigenvalue weighted by atomic mass is 10.0. The first-order valence-electron chi connectivity index (χ1n) is 7.54. The van der Waals surface area contributed by atoms with Gasteiger partial charge in [-0.05, 0) is 48.7 Å². The monoisotopic (exact) mass is 310 g/mol. The van der Waals surface area contributed by atoms with Crippen LogP contribution in [-0.4, -0.2) is 25.6 Å². The molecule has 3 amide bonds. The number of benzene rings is 2. The summed E-state index contributed by atoms with van der Waals surface area (Å²) in [6, 6.07) is 14.0. The molecule has 23 heavy (non-hydrogen) atoms. The zero-order valence-corrected chi connectivity index (χ0v) is 12.9. The van der Waals surface area contributed by atoms with Gasteiger partial charge in [0.25, 0.3) is 5.91 Å². The van der Waals surface area contributed by atoms with Crippen molar-refractivity contribution in [2.45, 2.75) is 12.8 Å². The largest absolute Gasteiger partial charge is 0.497 e. The van der Waals surface area contributed by atoms with E-state index < -0.39 is 11.9 Å². The molecule has 2 aromatic rings. The second kappa shape index (κ2) is 6.52. The minimum absolute atomic E-state index is 0.391. The molecule has 0 unspecified atom stereocenters. The minimum Gasteiger partial charge on any atom is -0.497 e. The highest BCUT2D eigenvalue weighted by atomic mass is 16.5. The molecule has 5 heteroatoms. The summed E-state index contributed by atoms with van der Waals surface area (Å²) in [5, 5.41) is 2.45. The van der Waals surface area contributed by atoms with E-state index in [-0.39, 0.29) is 0 Å². The van der Waals surface area contributed by atoms with Gasteiger partial charge < -0.3 is 4.74 Å². The van der Waals surface area contributed by atoms with E-state index in [9.17, 15) is 9.59 Å². The summed E-state index contributed by atoms with van der Waals surface area (Å²) in [5.74, 6) is 0.249. The smallest absolute Gasteiger partial charge is 0.328 e. The molecule has 1 aliphatic heterocycles. The third kappa shape index (κ3) is 3.18. The van der Waals surface area contributed by atoms with Crippen LogP contribution in [0.5, 0.6) is 5.75 Å². The molecule has 0 bridgehead atoms. The normalized spacial score (nSPS) is 13.2. The number of imide groups is 1. The van der Waals surface area contributed by atoms with E-state index >= 15 is 0 Å². The van der Waals surface area contributed by atoms with Crippen LogP contribution in [0.2, 0.25) is 0 Å². The molecule has 0 aromatic heterocycles. The van der Waals surface area contributed by atoms with Crippen LogP contribution in [0.4, 0.5) is 10.5 Å². The Hall–Kier alpha value is -2.82. The number of hydrogen-bond acceptors (Lipinski definition) is 3. The summed E-state index contributed by atoms with van der Waals surface area (Å²) >= 11 is 0. The number of urea groups is 1. The van der Waals surface area contributed by atoms with Crippen molar-refractivity contribution < 1.29 is 14.3 Å². The van der Waals surface area contributed by atoms with Gasteiger partial charge in [-0.2, -0.15) is 0 Å². The maximum absolute atomic E-state index is 12.4.